The quantitative estimate of drug-likeness (QED) is 0.810. The van der Waals surface area contributed by atoms with Gasteiger partial charge in [-0.1, -0.05) is 6.07 Å². The summed E-state index contributed by atoms with van der Waals surface area (Å²) in [4.78, 5) is 20.5. The van der Waals surface area contributed by atoms with E-state index in [-0.39, 0.29) is 6.09 Å². The zero-order valence-corrected chi connectivity index (χ0v) is 14.0. The van der Waals surface area contributed by atoms with E-state index >= 15 is 0 Å². The fraction of sp³-hybridized carbons (Fsp3) is 0.444. The summed E-state index contributed by atoms with van der Waals surface area (Å²) in [6.45, 7) is 8.66. The number of carbonyl (C=O) groups is 1. The first kappa shape index (κ1) is 15.6. The van der Waals surface area contributed by atoms with Crippen molar-refractivity contribution in [3.63, 3.8) is 0 Å². The first-order chi connectivity index (χ1) is 10.9. The zero-order chi connectivity index (χ0) is 16.4. The lowest BCUT2D eigenvalue weighted by molar-refractivity contribution is 0.0240. The fourth-order valence-corrected chi connectivity index (χ4v) is 2.73. The van der Waals surface area contributed by atoms with Crippen LogP contribution in [0.25, 0.3) is 10.9 Å². The van der Waals surface area contributed by atoms with Crippen molar-refractivity contribution in [1.82, 2.24) is 9.88 Å². The molecule has 0 radical (unpaired) electrons. The van der Waals surface area contributed by atoms with Crippen LogP contribution in [0.3, 0.4) is 0 Å². The van der Waals surface area contributed by atoms with Crippen LogP contribution in [0.5, 0.6) is 0 Å². The molecule has 1 aliphatic rings. The maximum atomic E-state index is 12.1. The minimum atomic E-state index is -0.445. The second-order valence-electron chi connectivity index (χ2n) is 6.83. The number of benzene rings is 1. The van der Waals surface area contributed by atoms with Crippen molar-refractivity contribution in [2.24, 2.45) is 0 Å². The number of pyridine rings is 1. The van der Waals surface area contributed by atoms with E-state index in [4.69, 9.17) is 4.74 Å². The van der Waals surface area contributed by atoms with Crippen molar-refractivity contribution in [3.8, 4) is 0 Å². The number of piperazine rings is 1. The van der Waals surface area contributed by atoms with Gasteiger partial charge < -0.3 is 14.5 Å². The van der Waals surface area contributed by atoms with Gasteiger partial charge in [0.25, 0.3) is 0 Å². The molecule has 1 saturated heterocycles. The molecule has 0 N–H and O–H groups in total. The van der Waals surface area contributed by atoms with Crippen molar-refractivity contribution < 1.29 is 9.53 Å². The largest absolute Gasteiger partial charge is 0.444 e. The Hall–Kier alpha value is -2.30. The van der Waals surface area contributed by atoms with Crippen LogP contribution in [0.4, 0.5) is 10.5 Å². The summed E-state index contributed by atoms with van der Waals surface area (Å²) in [5.74, 6) is 0. The highest BCUT2D eigenvalue weighted by molar-refractivity contribution is 5.82. The minimum Gasteiger partial charge on any atom is -0.444 e. The van der Waals surface area contributed by atoms with E-state index in [0.29, 0.717) is 13.1 Å². The Kier molecular flexibility index (Phi) is 4.11. The summed E-state index contributed by atoms with van der Waals surface area (Å²) < 4.78 is 5.44. The molecule has 1 aromatic heterocycles. The van der Waals surface area contributed by atoms with Gasteiger partial charge in [0.1, 0.15) is 5.60 Å². The molecule has 0 saturated carbocycles. The molecule has 1 aromatic carbocycles. The van der Waals surface area contributed by atoms with Gasteiger partial charge in [-0.05, 0) is 45.0 Å². The van der Waals surface area contributed by atoms with E-state index < -0.39 is 5.60 Å². The van der Waals surface area contributed by atoms with Crippen LogP contribution in [0.15, 0.2) is 36.5 Å². The molecule has 5 nitrogen and oxygen atoms in total. The average molecular weight is 313 g/mol. The molecule has 5 heteroatoms. The lowest BCUT2D eigenvalue weighted by Gasteiger charge is -2.36. The van der Waals surface area contributed by atoms with Crippen molar-refractivity contribution in [2.45, 2.75) is 26.4 Å². The minimum absolute atomic E-state index is 0.222. The van der Waals surface area contributed by atoms with Crippen molar-refractivity contribution >= 4 is 22.7 Å². The monoisotopic (exact) mass is 313 g/mol. The number of hydrogen-bond acceptors (Lipinski definition) is 4. The van der Waals surface area contributed by atoms with E-state index in [2.05, 4.69) is 28.1 Å². The molecule has 0 spiro atoms. The van der Waals surface area contributed by atoms with Crippen LogP contribution in [-0.2, 0) is 4.74 Å². The number of fused-ring (bicyclic) bond motifs is 1. The molecule has 0 bridgehead atoms. The Bertz CT molecular complexity index is 701. The van der Waals surface area contributed by atoms with Crippen molar-refractivity contribution in [3.05, 3.63) is 36.5 Å². The molecule has 0 aliphatic carbocycles. The van der Waals surface area contributed by atoms with Crippen LogP contribution in [0.2, 0.25) is 0 Å². The number of carbonyl (C=O) groups excluding carboxylic acids is 1. The third-order valence-corrected chi connectivity index (χ3v) is 3.88. The van der Waals surface area contributed by atoms with E-state index in [1.165, 1.54) is 5.69 Å². The van der Waals surface area contributed by atoms with E-state index in [1.807, 2.05) is 39.1 Å². The fourth-order valence-electron chi connectivity index (χ4n) is 2.73. The first-order valence-corrected chi connectivity index (χ1v) is 8.00. The number of aromatic nitrogens is 1. The highest BCUT2D eigenvalue weighted by atomic mass is 16.6. The molecule has 2 heterocycles. The summed E-state index contributed by atoms with van der Waals surface area (Å²) in [6, 6.07) is 10.3. The summed E-state index contributed by atoms with van der Waals surface area (Å²) in [7, 11) is 0. The summed E-state index contributed by atoms with van der Waals surface area (Å²) in [6.07, 6.45) is 1.58. The van der Waals surface area contributed by atoms with Crippen LogP contribution >= 0.6 is 0 Å². The highest BCUT2D eigenvalue weighted by Crippen LogP contribution is 2.22. The highest BCUT2D eigenvalue weighted by Gasteiger charge is 2.25. The zero-order valence-electron chi connectivity index (χ0n) is 14.0. The third kappa shape index (κ3) is 3.73. The first-order valence-electron chi connectivity index (χ1n) is 8.00. The molecule has 0 unspecified atom stereocenters. The topological polar surface area (TPSA) is 45.7 Å². The van der Waals surface area contributed by atoms with Gasteiger partial charge >= 0.3 is 6.09 Å². The maximum Gasteiger partial charge on any atom is 0.410 e. The second-order valence-corrected chi connectivity index (χ2v) is 6.83. The number of rotatable bonds is 1. The van der Waals surface area contributed by atoms with Crippen LogP contribution in [0.1, 0.15) is 20.8 Å². The third-order valence-electron chi connectivity index (χ3n) is 3.88. The predicted molar refractivity (Wildman–Crippen MR) is 91.8 cm³/mol. The molecule has 122 valence electrons. The van der Waals surface area contributed by atoms with Gasteiger partial charge in [-0.3, -0.25) is 4.98 Å². The van der Waals surface area contributed by atoms with E-state index in [0.717, 1.165) is 24.0 Å². The second kappa shape index (κ2) is 6.07. The number of ether oxygens (including phenoxy) is 1. The lowest BCUT2D eigenvalue weighted by atomic mass is 10.1. The molecule has 1 aliphatic heterocycles. The van der Waals surface area contributed by atoms with Gasteiger partial charge in [0.15, 0.2) is 0 Å². The van der Waals surface area contributed by atoms with Gasteiger partial charge in [0.2, 0.25) is 0 Å². The van der Waals surface area contributed by atoms with E-state index in [9.17, 15) is 4.79 Å². The lowest BCUT2D eigenvalue weighted by Crippen LogP contribution is -2.50. The molecular weight excluding hydrogens is 290 g/mol. The van der Waals surface area contributed by atoms with Crippen LogP contribution < -0.4 is 4.90 Å². The van der Waals surface area contributed by atoms with Crippen molar-refractivity contribution in [2.75, 3.05) is 31.1 Å². The van der Waals surface area contributed by atoms with Crippen molar-refractivity contribution in [1.29, 1.82) is 0 Å². The molecular formula is C18H23N3O2. The number of nitrogens with zero attached hydrogens (tertiary/aromatic N) is 3. The Morgan fingerprint density at radius 1 is 1.13 bits per heavy atom. The molecule has 3 rings (SSSR count). The number of amides is 1. The van der Waals surface area contributed by atoms with Crippen LogP contribution in [-0.4, -0.2) is 47.8 Å². The standard InChI is InChI=1S/C18H23N3O2/c1-18(2,3)23-17(22)21-11-9-20(10-12-21)15-6-7-16-14(13-15)5-4-8-19-16/h4-8,13H,9-12H2,1-3H3. The number of anilines is 1. The van der Waals surface area contributed by atoms with Gasteiger partial charge in [-0.25, -0.2) is 4.79 Å². The maximum absolute atomic E-state index is 12.1. The molecule has 1 fully saturated rings. The number of hydrogen-bond donors (Lipinski definition) is 0. The van der Waals surface area contributed by atoms with Gasteiger partial charge in [0.05, 0.1) is 5.52 Å². The Balaban J connectivity index is 1.65. The SMILES string of the molecule is CC(C)(C)OC(=O)N1CCN(c2ccc3ncccc3c2)CC1. The van der Waals surface area contributed by atoms with Gasteiger partial charge in [0, 0.05) is 43.4 Å². The molecule has 2 aromatic rings. The molecule has 0 atom stereocenters. The Labute approximate surface area is 136 Å². The Morgan fingerprint density at radius 3 is 2.57 bits per heavy atom. The van der Waals surface area contributed by atoms with Gasteiger partial charge in [-0.2, -0.15) is 0 Å². The molecule has 1 amide bonds. The normalized spacial score (nSPS) is 15.8. The van der Waals surface area contributed by atoms with Crippen LogP contribution in [0, 0.1) is 0 Å². The summed E-state index contributed by atoms with van der Waals surface area (Å²) >= 11 is 0. The van der Waals surface area contributed by atoms with Gasteiger partial charge in [-0.15, -0.1) is 0 Å². The predicted octanol–water partition coefficient (Wildman–Crippen LogP) is 3.29. The summed E-state index contributed by atoms with van der Waals surface area (Å²) in [5.41, 5.74) is 1.73. The van der Waals surface area contributed by atoms with E-state index in [1.54, 1.807) is 4.90 Å². The molecule has 23 heavy (non-hydrogen) atoms. The summed E-state index contributed by atoms with van der Waals surface area (Å²) in [5, 5.41) is 1.14. The smallest absolute Gasteiger partial charge is 0.410 e. The Morgan fingerprint density at radius 2 is 1.87 bits per heavy atom. The average Bonchev–Trinajstić information content (AvgIpc) is 2.53.